The average Bonchev–Trinajstić information content (AvgIpc) is 2.89. The van der Waals surface area contributed by atoms with E-state index < -0.39 is 0 Å². The van der Waals surface area contributed by atoms with Crippen LogP contribution in [0.1, 0.15) is 27.0 Å². The first-order valence-electron chi connectivity index (χ1n) is 12.0. The van der Waals surface area contributed by atoms with Gasteiger partial charge in [-0.15, -0.1) is 0 Å². The van der Waals surface area contributed by atoms with E-state index in [1.54, 1.807) is 31.6 Å². The van der Waals surface area contributed by atoms with E-state index in [0.717, 1.165) is 54.4 Å². The van der Waals surface area contributed by atoms with Crippen molar-refractivity contribution < 1.29 is 19.1 Å². The Labute approximate surface area is 211 Å². The second-order valence-corrected chi connectivity index (χ2v) is 8.94. The average molecular weight is 489 g/mol. The first-order valence-corrected chi connectivity index (χ1v) is 12.0. The van der Waals surface area contributed by atoms with Crippen LogP contribution in [-0.4, -0.2) is 61.6 Å². The Morgan fingerprint density at radius 3 is 2.42 bits per heavy atom. The van der Waals surface area contributed by atoms with Crippen LogP contribution < -0.4 is 15.0 Å². The zero-order valence-corrected chi connectivity index (χ0v) is 21.0. The highest BCUT2D eigenvalue weighted by Crippen LogP contribution is 2.26. The molecule has 3 aromatic rings. The Hall–Kier alpha value is -3.91. The van der Waals surface area contributed by atoms with Crippen LogP contribution in [0.25, 0.3) is 0 Å². The van der Waals surface area contributed by atoms with Gasteiger partial charge in [-0.05, 0) is 67.4 Å². The van der Waals surface area contributed by atoms with Crippen molar-refractivity contribution in [3.63, 3.8) is 0 Å². The number of anilines is 2. The molecular weight excluding hydrogens is 456 g/mol. The molecule has 1 N–H and O–H groups in total. The molecule has 4 rings (SSSR count). The molecule has 2 aromatic carbocycles. The Morgan fingerprint density at radius 2 is 1.78 bits per heavy atom. The van der Waals surface area contributed by atoms with Crippen molar-refractivity contribution >= 4 is 23.2 Å². The number of nitrogens with one attached hydrogen (secondary N) is 1. The minimum Gasteiger partial charge on any atom is -0.488 e. The molecule has 0 bridgehead atoms. The maximum Gasteiger partial charge on any atom is 0.254 e. The molecule has 0 unspecified atom stereocenters. The predicted molar refractivity (Wildman–Crippen MR) is 140 cm³/mol. The van der Waals surface area contributed by atoms with Crippen LogP contribution in [-0.2, 0) is 16.1 Å². The molecule has 2 heterocycles. The van der Waals surface area contributed by atoms with Gasteiger partial charge in [-0.2, -0.15) is 0 Å². The summed E-state index contributed by atoms with van der Waals surface area (Å²) in [6.07, 6.45) is 3.49. The molecule has 8 heteroatoms. The first kappa shape index (κ1) is 25.2. The fourth-order valence-corrected chi connectivity index (χ4v) is 4.23. The van der Waals surface area contributed by atoms with Crippen molar-refractivity contribution in [3.8, 4) is 5.75 Å². The molecule has 2 amide bonds. The van der Waals surface area contributed by atoms with Crippen molar-refractivity contribution in [2.24, 2.45) is 0 Å². The standard InChI is InChI=1S/C28H32N4O4/c1-20-15-23(16-21(2)27(20)36-19-22-5-4-10-29-17-22)28(34)31(3)18-26(33)30-24-6-8-25(9-7-24)32-11-13-35-14-12-32/h4-10,15-17H,11-14,18-19H2,1-3H3,(H,30,33). The zero-order chi connectivity index (χ0) is 25.5. The summed E-state index contributed by atoms with van der Waals surface area (Å²) in [7, 11) is 1.63. The van der Waals surface area contributed by atoms with E-state index in [9.17, 15) is 9.59 Å². The van der Waals surface area contributed by atoms with Gasteiger partial charge in [0.05, 0.1) is 19.8 Å². The lowest BCUT2D eigenvalue weighted by Crippen LogP contribution is -2.36. The third-order valence-corrected chi connectivity index (χ3v) is 6.07. The number of likely N-dealkylation sites (N-methyl/N-ethyl adjacent to an activating group) is 1. The van der Waals surface area contributed by atoms with Gasteiger partial charge in [0.15, 0.2) is 0 Å². The number of ether oxygens (including phenoxy) is 2. The van der Waals surface area contributed by atoms with Crippen LogP contribution in [0, 0.1) is 13.8 Å². The molecule has 188 valence electrons. The van der Waals surface area contributed by atoms with Crippen molar-refractivity contribution in [2.45, 2.75) is 20.5 Å². The zero-order valence-electron chi connectivity index (χ0n) is 21.0. The number of morpholine rings is 1. The third-order valence-electron chi connectivity index (χ3n) is 6.07. The van der Waals surface area contributed by atoms with Crippen LogP contribution >= 0.6 is 0 Å². The van der Waals surface area contributed by atoms with E-state index in [-0.39, 0.29) is 18.4 Å². The smallest absolute Gasteiger partial charge is 0.254 e. The van der Waals surface area contributed by atoms with E-state index in [4.69, 9.17) is 9.47 Å². The molecule has 0 atom stereocenters. The second kappa shape index (κ2) is 11.7. The number of pyridine rings is 1. The lowest BCUT2D eigenvalue weighted by Gasteiger charge is -2.28. The van der Waals surface area contributed by atoms with E-state index >= 15 is 0 Å². The topological polar surface area (TPSA) is 84.0 Å². The fourth-order valence-electron chi connectivity index (χ4n) is 4.23. The maximum atomic E-state index is 13.0. The number of benzene rings is 2. The summed E-state index contributed by atoms with van der Waals surface area (Å²) < 4.78 is 11.4. The molecular formula is C28H32N4O4. The Balaban J connectivity index is 1.33. The van der Waals surface area contributed by atoms with Gasteiger partial charge >= 0.3 is 0 Å². The van der Waals surface area contributed by atoms with Gasteiger partial charge in [0.25, 0.3) is 5.91 Å². The fraction of sp³-hybridized carbons (Fsp3) is 0.321. The van der Waals surface area contributed by atoms with E-state index in [1.807, 2.05) is 50.2 Å². The molecule has 0 spiro atoms. The predicted octanol–water partition coefficient (Wildman–Crippen LogP) is 3.82. The number of carbonyl (C=O) groups excluding carboxylic acids is 2. The Kier molecular flexibility index (Phi) is 8.17. The van der Waals surface area contributed by atoms with Gasteiger partial charge in [0, 0.05) is 55.0 Å². The van der Waals surface area contributed by atoms with Crippen molar-refractivity contribution in [1.29, 1.82) is 0 Å². The summed E-state index contributed by atoms with van der Waals surface area (Å²) in [5.41, 5.74) is 5.00. The minimum atomic E-state index is -0.255. The van der Waals surface area contributed by atoms with Gasteiger partial charge in [-0.1, -0.05) is 6.07 Å². The molecule has 1 aromatic heterocycles. The van der Waals surface area contributed by atoms with E-state index in [0.29, 0.717) is 17.9 Å². The number of nitrogens with zero attached hydrogens (tertiary/aromatic N) is 3. The molecule has 1 saturated heterocycles. The third kappa shape index (κ3) is 6.40. The number of hydrogen-bond acceptors (Lipinski definition) is 6. The quantitative estimate of drug-likeness (QED) is 0.519. The van der Waals surface area contributed by atoms with Crippen molar-refractivity contribution in [3.05, 3.63) is 83.2 Å². The van der Waals surface area contributed by atoms with Crippen LogP contribution in [0.2, 0.25) is 0 Å². The van der Waals surface area contributed by atoms with Crippen molar-refractivity contribution in [1.82, 2.24) is 9.88 Å². The lowest BCUT2D eigenvalue weighted by atomic mass is 10.0. The summed E-state index contributed by atoms with van der Waals surface area (Å²) in [5, 5.41) is 2.87. The summed E-state index contributed by atoms with van der Waals surface area (Å²) in [4.78, 5) is 33.4. The van der Waals surface area contributed by atoms with Crippen LogP contribution in [0.4, 0.5) is 11.4 Å². The maximum absolute atomic E-state index is 13.0. The largest absolute Gasteiger partial charge is 0.488 e. The summed E-state index contributed by atoms with van der Waals surface area (Å²) in [6, 6.07) is 15.1. The van der Waals surface area contributed by atoms with Crippen LogP contribution in [0.5, 0.6) is 5.75 Å². The highest BCUT2D eigenvalue weighted by atomic mass is 16.5. The molecule has 1 aliphatic heterocycles. The normalized spacial score (nSPS) is 13.2. The van der Waals surface area contributed by atoms with Crippen molar-refractivity contribution in [2.75, 3.05) is 50.1 Å². The van der Waals surface area contributed by atoms with Gasteiger partial charge in [0.1, 0.15) is 12.4 Å². The molecule has 1 aliphatic rings. The minimum absolute atomic E-state index is 0.0542. The SMILES string of the molecule is Cc1cc(C(=O)N(C)CC(=O)Nc2ccc(N3CCOCC3)cc2)cc(C)c1OCc1cccnc1. The van der Waals surface area contributed by atoms with Crippen LogP contribution in [0.3, 0.4) is 0 Å². The number of aromatic nitrogens is 1. The summed E-state index contributed by atoms with van der Waals surface area (Å²) in [5.74, 6) is 0.268. The molecule has 0 saturated carbocycles. The van der Waals surface area contributed by atoms with Gasteiger partial charge in [-0.25, -0.2) is 0 Å². The monoisotopic (exact) mass is 488 g/mol. The summed E-state index contributed by atoms with van der Waals surface area (Å²) >= 11 is 0. The molecule has 8 nitrogen and oxygen atoms in total. The van der Waals surface area contributed by atoms with Gasteiger partial charge < -0.3 is 24.6 Å². The molecule has 0 aliphatic carbocycles. The van der Waals surface area contributed by atoms with E-state index in [1.165, 1.54) is 4.90 Å². The van der Waals surface area contributed by atoms with E-state index in [2.05, 4.69) is 15.2 Å². The van der Waals surface area contributed by atoms with Crippen LogP contribution in [0.15, 0.2) is 60.9 Å². The number of hydrogen-bond donors (Lipinski definition) is 1. The molecule has 36 heavy (non-hydrogen) atoms. The first-order chi connectivity index (χ1) is 17.4. The Morgan fingerprint density at radius 1 is 1.08 bits per heavy atom. The van der Waals surface area contributed by atoms with Gasteiger partial charge in [0.2, 0.25) is 5.91 Å². The molecule has 1 fully saturated rings. The number of aryl methyl sites for hydroxylation is 2. The highest BCUT2D eigenvalue weighted by Gasteiger charge is 2.18. The number of amides is 2. The lowest BCUT2D eigenvalue weighted by molar-refractivity contribution is -0.116. The molecule has 0 radical (unpaired) electrons. The second-order valence-electron chi connectivity index (χ2n) is 8.94. The highest BCUT2D eigenvalue weighted by molar-refractivity contribution is 5.99. The summed E-state index contributed by atoms with van der Waals surface area (Å²) in [6.45, 7) is 7.32. The number of rotatable bonds is 8. The Bertz CT molecular complexity index is 1170. The number of carbonyl (C=O) groups is 2. The van der Waals surface area contributed by atoms with Gasteiger partial charge in [-0.3, -0.25) is 14.6 Å².